The van der Waals surface area contributed by atoms with Crippen molar-refractivity contribution in [2.75, 3.05) is 0 Å². The molecule has 0 bridgehead atoms. The van der Waals surface area contributed by atoms with Gasteiger partial charge in [0.25, 0.3) is 0 Å². The first kappa shape index (κ1) is 15.2. The first-order valence-electron chi connectivity index (χ1n) is 3.99. The lowest BCUT2D eigenvalue weighted by Gasteiger charge is -1.83. The van der Waals surface area contributed by atoms with Crippen LogP contribution in [0.2, 0.25) is 0 Å². The maximum atomic E-state index is 9.75. The predicted octanol–water partition coefficient (Wildman–Crippen LogP) is 2.23. The zero-order valence-corrected chi connectivity index (χ0v) is 8.73. The van der Waals surface area contributed by atoms with E-state index in [9.17, 15) is 4.79 Å². The second-order valence-electron chi connectivity index (χ2n) is 2.23. The second-order valence-corrected chi connectivity index (χ2v) is 2.23. The average Bonchev–Trinajstić information content (AvgIpc) is 2.18. The molecule has 0 unspecified atom stereocenters. The van der Waals surface area contributed by atoms with Crippen LogP contribution < -0.4 is 0 Å². The van der Waals surface area contributed by atoms with Gasteiger partial charge in [-0.3, -0.25) is 4.79 Å². The molecule has 0 aliphatic carbocycles. The van der Waals surface area contributed by atoms with Gasteiger partial charge < -0.3 is 4.74 Å². The van der Waals surface area contributed by atoms with E-state index in [1.165, 1.54) is 13.0 Å². The number of rotatable bonds is 2. The first-order chi connectivity index (χ1) is 7.08. The number of nitrogens with zero attached hydrogens (tertiary/aromatic N) is 2. The monoisotopic (exact) mass is 204 g/mol. The number of hydrogen-bond donors (Lipinski definition) is 0. The van der Waals surface area contributed by atoms with Gasteiger partial charge in [0.1, 0.15) is 0 Å². The zero-order valence-electron chi connectivity index (χ0n) is 8.73. The number of nitriles is 2. The van der Waals surface area contributed by atoms with Gasteiger partial charge in [0.05, 0.1) is 18.4 Å². The minimum atomic E-state index is -0.329. The highest BCUT2D eigenvalue weighted by molar-refractivity contribution is 5.66. The van der Waals surface area contributed by atoms with Crippen LogP contribution in [0, 0.1) is 22.7 Å². The van der Waals surface area contributed by atoms with Gasteiger partial charge in [0.2, 0.25) is 0 Å². The molecule has 0 N–H and O–H groups in total. The maximum absolute atomic E-state index is 9.75. The highest BCUT2D eigenvalue weighted by atomic mass is 16.5. The summed E-state index contributed by atoms with van der Waals surface area (Å²) < 4.78 is 4.17. The Kier molecular flexibility index (Phi) is 11.8. The number of hydrogen-bond acceptors (Lipinski definition) is 4. The number of allylic oxidation sites excluding steroid dienone is 4. The summed E-state index contributed by atoms with van der Waals surface area (Å²) in [5.41, 5.74) is 0.599. The number of carbonyl (C=O) groups is 1. The summed E-state index contributed by atoms with van der Waals surface area (Å²) in [6.07, 6.45) is 5.55. The minimum absolute atomic E-state index is 0.329. The molecule has 0 aliphatic heterocycles. The number of esters is 1. The lowest BCUT2D eigenvalue weighted by molar-refractivity contribution is -0.135. The van der Waals surface area contributed by atoms with Crippen LogP contribution in [0.4, 0.5) is 0 Å². The Morgan fingerprint density at radius 1 is 1.40 bits per heavy atom. The van der Waals surface area contributed by atoms with E-state index >= 15 is 0 Å². The van der Waals surface area contributed by atoms with Gasteiger partial charge in [-0.25, -0.2) is 0 Å². The first-order valence-corrected chi connectivity index (χ1v) is 3.99. The Morgan fingerprint density at radius 2 is 2.00 bits per heavy atom. The lowest BCUT2D eigenvalue weighted by atomic mass is 10.3. The van der Waals surface area contributed by atoms with Crippen molar-refractivity contribution in [2.24, 2.45) is 0 Å². The average molecular weight is 204 g/mol. The zero-order chi connectivity index (χ0) is 12.1. The molecule has 0 aromatic carbocycles. The predicted molar refractivity (Wildman–Crippen MR) is 56.1 cm³/mol. The van der Waals surface area contributed by atoms with Crippen molar-refractivity contribution in [3.63, 3.8) is 0 Å². The maximum Gasteiger partial charge on any atom is 0.307 e. The Morgan fingerprint density at radius 3 is 2.27 bits per heavy atom. The standard InChI is InChI=1S/C7H6N2.C4H6O2/c1-7(6-9)4-2-3-5-8;1-3-6-4(2)5/h2-4H,1H3;3H,1H2,2H3. The van der Waals surface area contributed by atoms with Gasteiger partial charge in [-0.05, 0) is 13.0 Å². The van der Waals surface area contributed by atoms with E-state index in [4.69, 9.17) is 10.5 Å². The van der Waals surface area contributed by atoms with Gasteiger partial charge in [-0.15, -0.1) is 0 Å². The largest absolute Gasteiger partial charge is 0.435 e. The van der Waals surface area contributed by atoms with Gasteiger partial charge in [0, 0.05) is 18.6 Å². The van der Waals surface area contributed by atoms with E-state index < -0.39 is 0 Å². The van der Waals surface area contributed by atoms with E-state index in [0.29, 0.717) is 5.57 Å². The molecule has 0 saturated carbocycles. The van der Waals surface area contributed by atoms with Gasteiger partial charge in [-0.1, -0.05) is 12.7 Å². The summed E-state index contributed by atoms with van der Waals surface area (Å²) in [6.45, 7) is 6.16. The van der Waals surface area contributed by atoms with Gasteiger partial charge >= 0.3 is 5.97 Å². The molecule has 0 rings (SSSR count). The minimum Gasteiger partial charge on any atom is -0.435 e. The molecule has 15 heavy (non-hydrogen) atoms. The van der Waals surface area contributed by atoms with Crippen LogP contribution in [0.15, 0.2) is 36.6 Å². The van der Waals surface area contributed by atoms with E-state index in [2.05, 4.69) is 11.3 Å². The third-order valence-electron chi connectivity index (χ3n) is 0.943. The van der Waals surface area contributed by atoms with Crippen LogP contribution in [0.3, 0.4) is 0 Å². The summed E-state index contributed by atoms with van der Waals surface area (Å²) in [5.74, 6) is -0.329. The molecule has 0 amide bonds. The van der Waals surface area contributed by atoms with Crippen molar-refractivity contribution >= 4 is 5.97 Å². The van der Waals surface area contributed by atoms with E-state index in [1.807, 2.05) is 12.1 Å². The Bertz CT molecular complexity index is 341. The lowest BCUT2D eigenvalue weighted by Crippen LogP contribution is -1.87. The molecule has 0 aromatic heterocycles. The van der Waals surface area contributed by atoms with Crippen LogP contribution >= 0.6 is 0 Å². The van der Waals surface area contributed by atoms with Crippen molar-refractivity contribution in [3.05, 3.63) is 36.6 Å². The quantitative estimate of drug-likeness (QED) is 0.299. The topological polar surface area (TPSA) is 73.9 Å². The van der Waals surface area contributed by atoms with Crippen LogP contribution in [0.1, 0.15) is 13.8 Å². The molecular formula is C11H12N2O2. The molecule has 0 saturated heterocycles. The van der Waals surface area contributed by atoms with E-state index in [0.717, 1.165) is 6.26 Å². The Balaban J connectivity index is 0. The SMILES string of the molecule is C=COC(C)=O.CC(C#N)=CC=CC#N. The molecule has 0 heterocycles. The van der Waals surface area contributed by atoms with Crippen LogP contribution in [-0.2, 0) is 9.53 Å². The van der Waals surface area contributed by atoms with E-state index in [1.54, 1.807) is 19.1 Å². The van der Waals surface area contributed by atoms with Crippen LogP contribution in [0.5, 0.6) is 0 Å². The van der Waals surface area contributed by atoms with E-state index in [-0.39, 0.29) is 5.97 Å². The molecule has 0 spiro atoms. The molecule has 0 radical (unpaired) electrons. The normalized spacial score (nSPS) is 9.20. The molecule has 0 aliphatic rings. The van der Waals surface area contributed by atoms with Gasteiger partial charge in [0.15, 0.2) is 0 Å². The summed E-state index contributed by atoms with van der Waals surface area (Å²) in [7, 11) is 0. The molecule has 78 valence electrons. The number of carbonyl (C=O) groups excluding carboxylic acids is 1. The molecule has 0 aromatic rings. The summed E-state index contributed by atoms with van der Waals surface area (Å²) in [6, 6.07) is 3.74. The fourth-order valence-electron chi connectivity index (χ4n) is 0.390. The highest BCUT2D eigenvalue weighted by Gasteiger charge is 1.79. The smallest absolute Gasteiger partial charge is 0.307 e. The molecule has 0 atom stereocenters. The van der Waals surface area contributed by atoms with Gasteiger partial charge in [-0.2, -0.15) is 10.5 Å². The Labute approximate surface area is 89.4 Å². The van der Waals surface area contributed by atoms with Crippen LogP contribution in [-0.4, -0.2) is 5.97 Å². The summed E-state index contributed by atoms with van der Waals surface area (Å²) in [5, 5.41) is 16.2. The third kappa shape index (κ3) is 18.5. The van der Waals surface area contributed by atoms with Crippen molar-refractivity contribution in [2.45, 2.75) is 13.8 Å². The highest BCUT2D eigenvalue weighted by Crippen LogP contribution is 1.87. The fraction of sp³-hybridized carbons (Fsp3) is 0.182. The third-order valence-corrected chi connectivity index (χ3v) is 0.943. The molecule has 4 heteroatoms. The summed E-state index contributed by atoms with van der Waals surface area (Å²) in [4.78, 5) is 9.75. The van der Waals surface area contributed by atoms with Crippen molar-refractivity contribution in [1.29, 1.82) is 10.5 Å². The van der Waals surface area contributed by atoms with Crippen molar-refractivity contribution in [1.82, 2.24) is 0 Å². The second kappa shape index (κ2) is 11.7. The number of ether oxygens (including phenoxy) is 1. The van der Waals surface area contributed by atoms with Crippen molar-refractivity contribution in [3.8, 4) is 12.1 Å². The molecular weight excluding hydrogens is 192 g/mol. The summed E-state index contributed by atoms with van der Waals surface area (Å²) >= 11 is 0. The molecule has 0 fully saturated rings. The Hall–Kier alpha value is -2.33. The van der Waals surface area contributed by atoms with Crippen molar-refractivity contribution < 1.29 is 9.53 Å². The fourth-order valence-corrected chi connectivity index (χ4v) is 0.390. The molecule has 4 nitrogen and oxygen atoms in total. The van der Waals surface area contributed by atoms with Crippen LogP contribution in [0.25, 0.3) is 0 Å².